The lowest BCUT2D eigenvalue weighted by atomic mass is 10.1. The van der Waals surface area contributed by atoms with Crippen LogP contribution in [0.4, 0.5) is 0 Å². The Hall–Kier alpha value is -1.96. The molecule has 0 aliphatic carbocycles. The molecule has 0 unspecified atom stereocenters. The molecule has 0 bridgehead atoms. The Morgan fingerprint density at radius 3 is 2.75 bits per heavy atom. The van der Waals surface area contributed by atoms with Gasteiger partial charge in [0.05, 0.1) is 19.1 Å². The number of nitrogens with zero attached hydrogens (tertiary/aromatic N) is 5. The summed E-state index contributed by atoms with van der Waals surface area (Å²) < 4.78 is 6.93. The third kappa shape index (κ3) is 4.11. The minimum atomic E-state index is -0.294. The molecule has 24 heavy (non-hydrogen) atoms. The predicted molar refractivity (Wildman–Crippen MR) is 87.9 cm³/mol. The minimum Gasteiger partial charge on any atom is -0.383 e. The minimum absolute atomic E-state index is 0.0311. The quantitative estimate of drug-likeness (QED) is 0.756. The Morgan fingerprint density at radius 2 is 2.17 bits per heavy atom. The number of aromatic nitrogens is 3. The fraction of sp³-hybridized carbons (Fsp3) is 0.750. The molecule has 2 heterocycles. The second-order valence-electron chi connectivity index (χ2n) is 7.20. The largest absolute Gasteiger partial charge is 0.383 e. The van der Waals surface area contributed by atoms with E-state index in [0.717, 1.165) is 0 Å². The molecule has 1 atom stereocenters. The van der Waals surface area contributed by atoms with E-state index in [1.807, 2.05) is 25.3 Å². The van der Waals surface area contributed by atoms with E-state index in [-0.39, 0.29) is 29.7 Å². The van der Waals surface area contributed by atoms with Gasteiger partial charge in [0.2, 0.25) is 11.8 Å². The number of amides is 2. The average Bonchev–Trinajstić information content (AvgIpc) is 3.10. The van der Waals surface area contributed by atoms with Crippen LogP contribution in [0.25, 0.3) is 0 Å². The highest BCUT2D eigenvalue weighted by Gasteiger charge is 2.40. The Balaban J connectivity index is 1.98. The highest BCUT2D eigenvalue weighted by Crippen LogP contribution is 2.27. The predicted octanol–water partition coefficient (Wildman–Crippen LogP) is 0.530. The van der Waals surface area contributed by atoms with Crippen molar-refractivity contribution in [3.05, 3.63) is 12.2 Å². The summed E-state index contributed by atoms with van der Waals surface area (Å²) in [5.41, 5.74) is -0.259. The van der Waals surface area contributed by atoms with Gasteiger partial charge in [-0.25, -0.2) is 0 Å². The van der Waals surface area contributed by atoms with Gasteiger partial charge in [-0.3, -0.25) is 9.59 Å². The molecule has 8 heteroatoms. The standard InChI is InChI=1S/C16H27N5O3/c1-16(2,3)21-9-12(8-14(21)22)15(23)19(4)10-13-18-17-11-20(13)6-7-24-5/h11-12H,6-10H2,1-5H3/t12-/m0/s1. The zero-order chi connectivity index (χ0) is 17.9. The van der Waals surface area contributed by atoms with E-state index in [9.17, 15) is 9.59 Å². The molecular weight excluding hydrogens is 310 g/mol. The van der Waals surface area contributed by atoms with Gasteiger partial charge in [0.1, 0.15) is 6.33 Å². The zero-order valence-electron chi connectivity index (χ0n) is 15.2. The van der Waals surface area contributed by atoms with E-state index in [1.165, 1.54) is 0 Å². The van der Waals surface area contributed by atoms with Crippen molar-refractivity contribution in [2.45, 2.75) is 45.8 Å². The van der Waals surface area contributed by atoms with Crippen LogP contribution in [-0.4, -0.2) is 69.2 Å². The Labute approximate surface area is 142 Å². The van der Waals surface area contributed by atoms with Gasteiger partial charge < -0.3 is 19.1 Å². The summed E-state index contributed by atoms with van der Waals surface area (Å²) >= 11 is 0. The van der Waals surface area contributed by atoms with Gasteiger partial charge in [-0.1, -0.05) is 0 Å². The van der Waals surface area contributed by atoms with E-state index in [1.54, 1.807) is 30.3 Å². The normalized spacial score (nSPS) is 18.3. The first-order valence-corrected chi connectivity index (χ1v) is 8.15. The smallest absolute Gasteiger partial charge is 0.228 e. The molecule has 1 fully saturated rings. The Bertz CT molecular complexity index is 593. The summed E-state index contributed by atoms with van der Waals surface area (Å²) in [5.74, 6) is 0.422. The number of likely N-dealkylation sites (tertiary alicyclic amines) is 1. The van der Waals surface area contributed by atoms with Gasteiger partial charge in [0, 0.05) is 39.2 Å². The van der Waals surface area contributed by atoms with Crippen LogP contribution >= 0.6 is 0 Å². The van der Waals surface area contributed by atoms with Crippen LogP contribution in [0.15, 0.2) is 6.33 Å². The maximum atomic E-state index is 12.7. The molecular formula is C16H27N5O3. The topological polar surface area (TPSA) is 80.6 Å². The average molecular weight is 337 g/mol. The number of rotatable bonds is 6. The lowest BCUT2D eigenvalue weighted by Gasteiger charge is -2.32. The number of ether oxygens (including phenoxy) is 1. The SMILES string of the molecule is COCCn1cnnc1CN(C)C(=O)[C@H]1CC(=O)N(C(C)(C)C)C1. The number of methoxy groups -OCH3 is 1. The van der Waals surface area contributed by atoms with Crippen LogP contribution in [0.2, 0.25) is 0 Å². The number of carbonyl (C=O) groups is 2. The van der Waals surface area contributed by atoms with Gasteiger partial charge in [-0.15, -0.1) is 10.2 Å². The molecule has 1 aromatic rings. The van der Waals surface area contributed by atoms with Crippen molar-refractivity contribution in [1.29, 1.82) is 0 Å². The third-order valence-electron chi connectivity index (χ3n) is 4.27. The molecule has 0 saturated carbocycles. The van der Waals surface area contributed by atoms with Gasteiger partial charge in [0.15, 0.2) is 5.82 Å². The molecule has 2 amide bonds. The summed E-state index contributed by atoms with van der Waals surface area (Å²) in [7, 11) is 3.37. The molecule has 8 nitrogen and oxygen atoms in total. The third-order valence-corrected chi connectivity index (χ3v) is 4.27. The van der Waals surface area contributed by atoms with Crippen LogP contribution < -0.4 is 0 Å². The van der Waals surface area contributed by atoms with Crippen LogP contribution in [0.1, 0.15) is 33.0 Å². The first kappa shape index (κ1) is 18.4. The second kappa shape index (κ2) is 7.29. The van der Waals surface area contributed by atoms with Crippen molar-refractivity contribution in [3.63, 3.8) is 0 Å². The fourth-order valence-corrected chi connectivity index (χ4v) is 2.90. The van der Waals surface area contributed by atoms with E-state index in [2.05, 4.69) is 10.2 Å². The first-order valence-electron chi connectivity index (χ1n) is 8.15. The maximum Gasteiger partial charge on any atom is 0.228 e. The molecule has 0 aromatic carbocycles. The number of carbonyl (C=O) groups excluding carboxylic acids is 2. The van der Waals surface area contributed by atoms with Gasteiger partial charge in [-0.05, 0) is 20.8 Å². The second-order valence-corrected chi connectivity index (χ2v) is 7.20. The molecule has 0 spiro atoms. The molecule has 1 aromatic heterocycles. The van der Waals surface area contributed by atoms with E-state index >= 15 is 0 Å². The fourth-order valence-electron chi connectivity index (χ4n) is 2.90. The number of hydrogen-bond acceptors (Lipinski definition) is 5. The van der Waals surface area contributed by atoms with Crippen molar-refractivity contribution in [2.24, 2.45) is 5.92 Å². The molecule has 2 rings (SSSR count). The summed E-state index contributed by atoms with van der Waals surface area (Å²) in [5, 5.41) is 7.97. The highest BCUT2D eigenvalue weighted by atomic mass is 16.5. The van der Waals surface area contributed by atoms with Crippen molar-refractivity contribution in [3.8, 4) is 0 Å². The summed E-state index contributed by atoms with van der Waals surface area (Å²) in [6, 6.07) is 0. The van der Waals surface area contributed by atoms with Crippen LogP contribution in [-0.2, 0) is 27.4 Å². The lowest BCUT2D eigenvalue weighted by Crippen LogP contribution is -2.43. The highest BCUT2D eigenvalue weighted by molar-refractivity contribution is 5.89. The van der Waals surface area contributed by atoms with E-state index < -0.39 is 0 Å². The van der Waals surface area contributed by atoms with Gasteiger partial charge >= 0.3 is 0 Å². The zero-order valence-corrected chi connectivity index (χ0v) is 15.2. The maximum absolute atomic E-state index is 12.7. The van der Waals surface area contributed by atoms with Crippen LogP contribution in [0, 0.1) is 5.92 Å². The van der Waals surface area contributed by atoms with E-state index in [0.29, 0.717) is 32.1 Å². The summed E-state index contributed by atoms with van der Waals surface area (Å²) in [6.07, 6.45) is 1.91. The first-order chi connectivity index (χ1) is 11.2. The monoisotopic (exact) mass is 337 g/mol. The van der Waals surface area contributed by atoms with Gasteiger partial charge in [0.25, 0.3) is 0 Å². The van der Waals surface area contributed by atoms with Crippen molar-refractivity contribution in [2.75, 3.05) is 27.3 Å². The molecule has 134 valence electrons. The molecule has 0 N–H and O–H groups in total. The van der Waals surface area contributed by atoms with Gasteiger partial charge in [-0.2, -0.15) is 0 Å². The van der Waals surface area contributed by atoms with Crippen molar-refractivity contribution < 1.29 is 14.3 Å². The number of hydrogen-bond donors (Lipinski definition) is 0. The molecule has 1 saturated heterocycles. The summed E-state index contributed by atoms with van der Waals surface area (Å²) in [4.78, 5) is 28.2. The molecule has 1 aliphatic rings. The molecule has 1 aliphatic heterocycles. The summed E-state index contributed by atoms with van der Waals surface area (Å²) in [6.45, 7) is 7.99. The Morgan fingerprint density at radius 1 is 1.46 bits per heavy atom. The molecule has 0 radical (unpaired) electrons. The van der Waals surface area contributed by atoms with Crippen molar-refractivity contribution >= 4 is 11.8 Å². The van der Waals surface area contributed by atoms with Crippen molar-refractivity contribution in [1.82, 2.24) is 24.6 Å². The van der Waals surface area contributed by atoms with E-state index in [4.69, 9.17) is 4.74 Å². The van der Waals surface area contributed by atoms with Crippen LogP contribution in [0.3, 0.4) is 0 Å². The Kier molecular flexibility index (Phi) is 5.58. The lowest BCUT2D eigenvalue weighted by molar-refractivity contribution is -0.135. The van der Waals surface area contributed by atoms with Crippen LogP contribution in [0.5, 0.6) is 0 Å².